The smallest absolute Gasteiger partial charge is 0.262 e. The number of carbonyl (C=O) groups excluding carboxylic acids is 1. The Bertz CT molecular complexity index is 1300. The molecule has 1 aromatic heterocycles. The summed E-state index contributed by atoms with van der Waals surface area (Å²) in [6.07, 6.45) is 5.57. The van der Waals surface area contributed by atoms with Gasteiger partial charge in [-0.15, -0.1) is 0 Å². The average Bonchev–Trinajstić information content (AvgIpc) is 3.02. The lowest BCUT2D eigenvalue weighted by Crippen LogP contribution is -2.24. The zero-order chi connectivity index (χ0) is 21.0. The lowest BCUT2D eigenvalue weighted by Gasteiger charge is -2.19. The van der Waals surface area contributed by atoms with Crippen LogP contribution < -0.4 is 15.2 Å². The molecule has 6 nitrogen and oxygen atoms in total. The van der Waals surface area contributed by atoms with Gasteiger partial charge < -0.3 is 20.1 Å². The number of nitrogens with zero attached hydrogens (tertiary/aromatic N) is 2. The van der Waals surface area contributed by atoms with Crippen LogP contribution in [-0.2, 0) is 6.54 Å². The lowest BCUT2D eigenvalue weighted by atomic mass is 9.97. The Hall–Kier alpha value is -3.87. The monoisotopic (exact) mass is 403 g/mol. The minimum absolute atomic E-state index is 0.197. The van der Waals surface area contributed by atoms with Crippen LogP contribution in [0.25, 0.3) is 22.0 Å². The molecule has 0 fully saturated rings. The summed E-state index contributed by atoms with van der Waals surface area (Å²) in [4.78, 5) is 19.2. The Balaban J connectivity index is 1.78. The molecule has 0 spiro atoms. The number of fused-ring (bicyclic) bond motifs is 2. The number of amides is 1. The highest BCUT2D eigenvalue weighted by atomic mass is 19.1. The number of methoxy groups -OCH3 is 2. The van der Waals surface area contributed by atoms with Crippen LogP contribution in [-0.4, -0.2) is 30.0 Å². The molecule has 0 unspecified atom stereocenters. The van der Waals surface area contributed by atoms with E-state index >= 15 is 4.39 Å². The van der Waals surface area contributed by atoms with E-state index in [-0.39, 0.29) is 18.0 Å². The van der Waals surface area contributed by atoms with Crippen LogP contribution in [0.4, 0.5) is 10.1 Å². The van der Waals surface area contributed by atoms with E-state index in [9.17, 15) is 4.79 Å². The van der Waals surface area contributed by atoms with Crippen LogP contribution in [0.3, 0.4) is 0 Å². The van der Waals surface area contributed by atoms with Crippen LogP contribution >= 0.6 is 0 Å². The number of anilines is 1. The molecule has 2 aliphatic rings. The maximum atomic E-state index is 15.1. The number of rotatable bonds is 4. The number of benzene rings is 2. The van der Waals surface area contributed by atoms with Gasteiger partial charge in [-0.1, -0.05) is 6.08 Å². The summed E-state index contributed by atoms with van der Waals surface area (Å²) >= 11 is 0. The number of allylic oxidation sites excluding steroid dienone is 3. The van der Waals surface area contributed by atoms with Crippen molar-refractivity contribution in [2.75, 3.05) is 20.0 Å². The van der Waals surface area contributed by atoms with Crippen molar-refractivity contribution >= 4 is 22.5 Å². The molecule has 5 rings (SSSR count). The van der Waals surface area contributed by atoms with Gasteiger partial charge in [0, 0.05) is 22.2 Å². The number of nitrogens with two attached hydrogens (primary N) is 1. The van der Waals surface area contributed by atoms with Gasteiger partial charge in [0.25, 0.3) is 5.91 Å². The zero-order valence-electron chi connectivity index (χ0n) is 16.4. The number of hydrogen-bond donors (Lipinski definition) is 1. The van der Waals surface area contributed by atoms with E-state index in [2.05, 4.69) is 0 Å². The molecule has 2 heterocycles. The standard InChI is InChI=1S/C23H18FN3O3/c1-29-13-6-9-18(30-2)15(10-13)19-16(24)8-7-14-21(25)20-17(26-22(14)19)11-27(23(20)28)12-4-3-5-12/h3-10H,11H2,1-2H3,(H2,25,26). The Morgan fingerprint density at radius 2 is 1.93 bits per heavy atom. The highest BCUT2D eigenvalue weighted by Gasteiger charge is 2.34. The molecule has 1 aliphatic heterocycles. The quantitative estimate of drug-likeness (QED) is 0.711. The van der Waals surface area contributed by atoms with Crippen LogP contribution in [0.2, 0.25) is 0 Å². The van der Waals surface area contributed by atoms with E-state index in [1.807, 2.05) is 18.2 Å². The Labute approximate surface area is 172 Å². The van der Waals surface area contributed by atoms with E-state index in [0.717, 1.165) is 5.70 Å². The molecule has 30 heavy (non-hydrogen) atoms. The maximum absolute atomic E-state index is 15.1. The van der Waals surface area contributed by atoms with E-state index in [1.54, 1.807) is 29.2 Å². The fourth-order valence-electron chi connectivity index (χ4n) is 3.93. The maximum Gasteiger partial charge on any atom is 0.262 e. The molecule has 0 saturated heterocycles. The summed E-state index contributed by atoms with van der Waals surface area (Å²) in [5.41, 5.74) is 9.55. The van der Waals surface area contributed by atoms with Crippen molar-refractivity contribution in [1.29, 1.82) is 0 Å². The van der Waals surface area contributed by atoms with Gasteiger partial charge in [0.1, 0.15) is 17.3 Å². The number of halogens is 1. The van der Waals surface area contributed by atoms with E-state index in [0.29, 0.717) is 44.9 Å². The molecule has 0 radical (unpaired) electrons. The summed E-state index contributed by atoms with van der Waals surface area (Å²) in [6.45, 7) is 0.287. The Morgan fingerprint density at radius 3 is 2.60 bits per heavy atom. The SMILES string of the molecule is COc1ccc(OC)c(-c2c(F)ccc3c(N)c4c(nc23)CN(C2=CC=C2)C4=O)c1. The van der Waals surface area contributed by atoms with E-state index < -0.39 is 5.82 Å². The average molecular weight is 403 g/mol. The molecule has 0 bridgehead atoms. The summed E-state index contributed by atoms with van der Waals surface area (Å²) in [7, 11) is 3.06. The molecule has 3 aromatic rings. The third-order valence-corrected chi connectivity index (χ3v) is 5.51. The fraction of sp³-hybridized carbons (Fsp3) is 0.130. The number of carbonyl (C=O) groups is 1. The summed E-state index contributed by atoms with van der Waals surface area (Å²) in [5.74, 6) is 0.371. The second kappa shape index (κ2) is 6.59. The van der Waals surface area contributed by atoms with Gasteiger partial charge in [0.05, 0.1) is 43.2 Å². The van der Waals surface area contributed by atoms with Gasteiger partial charge in [-0.25, -0.2) is 9.37 Å². The number of nitrogen functional groups attached to an aromatic ring is 1. The third-order valence-electron chi connectivity index (χ3n) is 5.51. The Morgan fingerprint density at radius 1 is 1.13 bits per heavy atom. The van der Waals surface area contributed by atoms with Gasteiger partial charge in [-0.2, -0.15) is 0 Å². The molecular weight excluding hydrogens is 385 g/mol. The summed E-state index contributed by atoms with van der Waals surface area (Å²) < 4.78 is 25.9. The number of pyridine rings is 1. The number of hydrogen-bond acceptors (Lipinski definition) is 5. The first kappa shape index (κ1) is 18.2. The second-order valence-corrected chi connectivity index (χ2v) is 7.07. The normalized spacial score (nSPS) is 14.6. The van der Waals surface area contributed by atoms with Crippen molar-refractivity contribution in [3.8, 4) is 22.6 Å². The van der Waals surface area contributed by atoms with Crippen molar-refractivity contribution in [3.63, 3.8) is 0 Å². The molecular formula is C23H18FN3O3. The van der Waals surface area contributed by atoms with Crippen LogP contribution in [0.15, 0.2) is 54.3 Å². The molecule has 2 N–H and O–H groups in total. The van der Waals surface area contributed by atoms with Crippen LogP contribution in [0, 0.1) is 5.82 Å². The third kappa shape index (κ3) is 2.48. The van der Waals surface area contributed by atoms with Crippen molar-refractivity contribution < 1.29 is 18.7 Å². The molecule has 1 amide bonds. The molecule has 1 aliphatic carbocycles. The fourth-order valence-corrected chi connectivity index (χ4v) is 3.93. The number of ether oxygens (including phenoxy) is 2. The minimum Gasteiger partial charge on any atom is -0.497 e. The predicted molar refractivity (Wildman–Crippen MR) is 112 cm³/mol. The zero-order valence-corrected chi connectivity index (χ0v) is 16.4. The van der Waals surface area contributed by atoms with E-state index in [4.69, 9.17) is 20.2 Å². The van der Waals surface area contributed by atoms with Crippen molar-refractivity contribution in [3.05, 3.63) is 71.3 Å². The Kier molecular flexibility index (Phi) is 3.99. The second-order valence-electron chi connectivity index (χ2n) is 7.07. The van der Waals surface area contributed by atoms with Gasteiger partial charge in [0.15, 0.2) is 0 Å². The first-order valence-electron chi connectivity index (χ1n) is 9.36. The van der Waals surface area contributed by atoms with Crippen molar-refractivity contribution in [1.82, 2.24) is 9.88 Å². The van der Waals surface area contributed by atoms with Crippen molar-refractivity contribution in [2.45, 2.75) is 6.54 Å². The topological polar surface area (TPSA) is 77.7 Å². The van der Waals surface area contributed by atoms with Crippen LogP contribution in [0.5, 0.6) is 11.5 Å². The summed E-state index contributed by atoms with van der Waals surface area (Å²) in [6, 6.07) is 8.03. The molecule has 0 saturated carbocycles. The highest BCUT2D eigenvalue weighted by molar-refractivity contribution is 6.12. The molecule has 150 valence electrons. The lowest BCUT2D eigenvalue weighted by molar-refractivity contribution is 0.0831. The first-order chi connectivity index (χ1) is 14.5. The highest BCUT2D eigenvalue weighted by Crippen LogP contribution is 2.42. The number of aromatic nitrogens is 1. The van der Waals surface area contributed by atoms with Crippen LogP contribution in [0.1, 0.15) is 16.1 Å². The predicted octanol–water partition coefficient (Wildman–Crippen LogP) is 4.05. The van der Waals surface area contributed by atoms with Gasteiger partial charge in [-0.05, 0) is 42.5 Å². The molecule has 0 atom stereocenters. The largest absolute Gasteiger partial charge is 0.497 e. The van der Waals surface area contributed by atoms with Gasteiger partial charge in [-0.3, -0.25) is 4.79 Å². The minimum atomic E-state index is -0.466. The van der Waals surface area contributed by atoms with Gasteiger partial charge >= 0.3 is 0 Å². The van der Waals surface area contributed by atoms with E-state index in [1.165, 1.54) is 20.3 Å². The molecule has 2 aromatic carbocycles. The molecule has 7 heteroatoms. The first-order valence-corrected chi connectivity index (χ1v) is 9.36. The van der Waals surface area contributed by atoms with Crippen molar-refractivity contribution in [2.24, 2.45) is 0 Å². The van der Waals surface area contributed by atoms with Gasteiger partial charge in [0.2, 0.25) is 0 Å². The summed E-state index contributed by atoms with van der Waals surface area (Å²) in [5, 5.41) is 0.517.